The van der Waals surface area contributed by atoms with Crippen LogP contribution in [0.5, 0.6) is 5.75 Å². The summed E-state index contributed by atoms with van der Waals surface area (Å²) in [6.07, 6.45) is 2.54. The van der Waals surface area contributed by atoms with Gasteiger partial charge in [-0.15, -0.1) is 10.2 Å². The molecule has 3 aromatic heterocycles. The normalized spacial score (nSPS) is 14.2. The van der Waals surface area contributed by atoms with E-state index in [9.17, 15) is 14.4 Å². The van der Waals surface area contributed by atoms with Crippen LogP contribution in [0, 0.1) is 0 Å². The number of pyridine rings is 1. The molecule has 4 rings (SSSR count). The fraction of sp³-hybridized carbons (Fsp3) is 0.478. The number of hydrogen-bond donors (Lipinski definition) is 1. The van der Waals surface area contributed by atoms with Crippen molar-refractivity contribution in [2.75, 3.05) is 18.4 Å². The number of aromatic nitrogens is 5. The second-order valence-electron chi connectivity index (χ2n) is 9.73. The first kappa shape index (κ1) is 24.2. The van der Waals surface area contributed by atoms with Gasteiger partial charge >= 0.3 is 6.09 Å². The predicted molar refractivity (Wildman–Crippen MR) is 126 cm³/mol. The Hall–Kier alpha value is -3.96. The van der Waals surface area contributed by atoms with E-state index in [0.717, 1.165) is 4.68 Å². The average molecular weight is 484 g/mol. The van der Waals surface area contributed by atoms with E-state index >= 15 is 0 Å². The van der Waals surface area contributed by atoms with Crippen molar-refractivity contribution in [1.82, 2.24) is 29.3 Å². The van der Waals surface area contributed by atoms with Gasteiger partial charge in [-0.3, -0.25) is 14.0 Å². The van der Waals surface area contributed by atoms with E-state index in [1.165, 1.54) is 12.4 Å². The van der Waals surface area contributed by atoms with Crippen LogP contribution < -0.4 is 15.6 Å². The molecule has 0 bridgehead atoms. The van der Waals surface area contributed by atoms with E-state index < -0.39 is 23.2 Å². The molecule has 1 aliphatic heterocycles. The summed E-state index contributed by atoms with van der Waals surface area (Å²) in [7, 11) is 0. The van der Waals surface area contributed by atoms with Gasteiger partial charge in [0.05, 0.1) is 18.8 Å². The van der Waals surface area contributed by atoms with Crippen molar-refractivity contribution in [3.05, 3.63) is 46.8 Å². The Kier molecular flexibility index (Phi) is 6.46. The van der Waals surface area contributed by atoms with Gasteiger partial charge in [0.25, 0.3) is 5.56 Å². The minimum Gasteiger partial charge on any atom is -0.485 e. The van der Waals surface area contributed by atoms with Crippen molar-refractivity contribution >= 4 is 23.3 Å². The van der Waals surface area contributed by atoms with Gasteiger partial charge in [-0.25, -0.2) is 9.48 Å². The zero-order valence-electron chi connectivity index (χ0n) is 20.4. The molecular formula is C23H29N7O5. The Labute approximate surface area is 201 Å². The van der Waals surface area contributed by atoms with Gasteiger partial charge in [-0.2, -0.15) is 5.10 Å². The van der Waals surface area contributed by atoms with Gasteiger partial charge < -0.3 is 19.7 Å². The summed E-state index contributed by atoms with van der Waals surface area (Å²) in [5, 5.41) is 14.9. The summed E-state index contributed by atoms with van der Waals surface area (Å²) in [4.78, 5) is 38.9. The molecule has 0 atom stereocenters. The molecule has 1 fully saturated rings. The fourth-order valence-electron chi connectivity index (χ4n) is 3.50. The average Bonchev–Trinajstić information content (AvgIpc) is 3.18. The molecule has 1 N–H and O–H groups in total. The molecule has 35 heavy (non-hydrogen) atoms. The largest absolute Gasteiger partial charge is 0.485 e. The highest BCUT2D eigenvalue weighted by molar-refractivity contribution is 5.90. The van der Waals surface area contributed by atoms with E-state index in [-0.39, 0.29) is 18.6 Å². The molecule has 0 aromatic carbocycles. The van der Waals surface area contributed by atoms with Crippen LogP contribution in [0.4, 0.5) is 10.5 Å². The molecule has 0 saturated carbocycles. The number of likely N-dealkylation sites (tertiary alicyclic amines) is 1. The lowest BCUT2D eigenvalue weighted by Crippen LogP contribution is -2.57. The predicted octanol–water partition coefficient (Wildman–Crippen LogP) is 2.05. The summed E-state index contributed by atoms with van der Waals surface area (Å²) < 4.78 is 14.1. The highest BCUT2D eigenvalue weighted by atomic mass is 16.6. The zero-order valence-corrected chi connectivity index (χ0v) is 20.4. The number of ether oxygens (including phenoxy) is 2. The molecule has 186 valence electrons. The van der Waals surface area contributed by atoms with Crippen LogP contribution in [0.2, 0.25) is 0 Å². The summed E-state index contributed by atoms with van der Waals surface area (Å²) in [5.74, 6) is -0.103. The first-order valence-electron chi connectivity index (χ1n) is 11.3. The van der Waals surface area contributed by atoms with Crippen LogP contribution in [0.25, 0.3) is 5.65 Å². The van der Waals surface area contributed by atoms with Crippen molar-refractivity contribution in [3.8, 4) is 5.75 Å². The van der Waals surface area contributed by atoms with Crippen molar-refractivity contribution < 1.29 is 19.1 Å². The van der Waals surface area contributed by atoms with Gasteiger partial charge in [0.15, 0.2) is 5.65 Å². The van der Waals surface area contributed by atoms with Gasteiger partial charge in [0.1, 0.15) is 36.0 Å². The summed E-state index contributed by atoms with van der Waals surface area (Å²) >= 11 is 0. The SMILES string of the molecule is CC(C)c1nn(CC(=O)Nc2ccc3nncn3c2)c(=O)cc1OC1CN(C(=O)OC(C)(C)C)C1. The number of nitrogens with zero attached hydrogens (tertiary/aromatic N) is 6. The quantitative estimate of drug-likeness (QED) is 0.563. The van der Waals surface area contributed by atoms with Crippen LogP contribution in [0.3, 0.4) is 0 Å². The van der Waals surface area contributed by atoms with Gasteiger partial charge in [0.2, 0.25) is 5.91 Å². The highest BCUT2D eigenvalue weighted by Gasteiger charge is 2.36. The van der Waals surface area contributed by atoms with Gasteiger partial charge in [-0.05, 0) is 32.9 Å². The van der Waals surface area contributed by atoms with Crippen LogP contribution in [-0.2, 0) is 16.1 Å². The van der Waals surface area contributed by atoms with E-state index in [1.807, 2.05) is 34.6 Å². The molecule has 1 aliphatic rings. The van der Waals surface area contributed by atoms with Gasteiger partial charge in [-0.1, -0.05) is 13.8 Å². The number of fused-ring (bicyclic) bond motifs is 1. The Morgan fingerprint density at radius 2 is 1.97 bits per heavy atom. The molecule has 3 aromatic rings. The third kappa shape index (κ3) is 5.76. The maximum atomic E-state index is 12.7. The van der Waals surface area contributed by atoms with E-state index in [4.69, 9.17) is 9.47 Å². The van der Waals surface area contributed by atoms with E-state index in [2.05, 4.69) is 20.6 Å². The second-order valence-corrected chi connectivity index (χ2v) is 9.73. The fourth-order valence-corrected chi connectivity index (χ4v) is 3.50. The lowest BCUT2D eigenvalue weighted by molar-refractivity contribution is -0.117. The third-order valence-electron chi connectivity index (χ3n) is 5.20. The Morgan fingerprint density at radius 1 is 1.23 bits per heavy atom. The topological polar surface area (TPSA) is 133 Å². The third-order valence-corrected chi connectivity index (χ3v) is 5.20. The van der Waals surface area contributed by atoms with Crippen LogP contribution in [0.15, 0.2) is 35.5 Å². The smallest absolute Gasteiger partial charge is 0.410 e. The molecule has 0 radical (unpaired) electrons. The zero-order chi connectivity index (χ0) is 25.3. The lowest BCUT2D eigenvalue weighted by atomic mass is 10.1. The van der Waals surface area contributed by atoms with Gasteiger partial charge in [0, 0.05) is 18.2 Å². The van der Waals surface area contributed by atoms with Crippen LogP contribution in [0.1, 0.15) is 46.2 Å². The van der Waals surface area contributed by atoms with Crippen molar-refractivity contribution in [2.45, 2.75) is 58.8 Å². The molecule has 4 heterocycles. The molecule has 12 heteroatoms. The standard InChI is InChI=1S/C23H29N7O5/c1-14(2)21-17(34-16-10-28(11-16)22(33)35-23(3,4)5)8-20(32)30(27-21)12-19(31)25-15-6-7-18-26-24-13-29(18)9-15/h6-9,13-14,16H,10-12H2,1-5H3,(H,25,31). The molecule has 0 aliphatic carbocycles. The molecule has 2 amide bonds. The number of carbonyl (C=O) groups excluding carboxylic acids is 2. The highest BCUT2D eigenvalue weighted by Crippen LogP contribution is 2.26. The Morgan fingerprint density at radius 3 is 2.66 bits per heavy atom. The molecule has 0 spiro atoms. The number of carbonyl (C=O) groups is 2. The first-order chi connectivity index (χ1) is 16.5. The maximum absolute atomic E-state index is 12.7. The summed E-state index contributed by atoms with van der Waals surface area (Å²) in [5.41, 5.74) is 0.715. The van der Waals surface area contributed by atoms with Crippen molar-refractivity contribution in [3.63, 3.8) is 0 Å². The number of rotatable bonds is 6. The monoisotopic (exact) mass is 483 g/mol. The molecule has 1 saturated heterocycles. The number of nitrogens with one attached hydrogen (secondary N) is 1. The molecular weight excluding hydrogens is 454 g/mol. The van der Waals surface area contributed by atoms with E-state index in [1.54, 1.807) is 27.6 Å². The number of anilines is 1. The summed E-state index contributed by atoms with van der Waals surface area (Å²) in [6, 6.07) is 4.77. The summed E-state index contributed by atoms with van der Waals surface area (Å²) in [6.45, 7) is 9.73. The first-order valence-corrected chi connectivity index (χ1v) is 11.3. The maximum Gasteiger partial charge on any atom is 0.410 e. The van der Waals surface area contributed by atoms with Crippen LogP contribution >= 0.6 is 0 Å². The van der Waals surface area contributed by atoms with Crippen LogP contribution in [-0.4, -0.2) is 66.1 Å². The van der Waals surface area contributed by atoms with Crippen molar-refractivity contribution in [2.24, 2.45) is 0 Å². The minimum absolute atomic E-state index is 0.0573. The number of amides is 2. The second kappa shape index (κ2) is 9.35. The lowest BCUT2D eigenvalue weighted by Gasteiger charge is -2.39. The Bertz CT molecular complexity index is 1300. The van der Waals surface area contributed by atoms with E-state index in [0.29, 0.717) is 35.9 Å². The minimum atomic E-state index is -0.571. The molecule has 0 unspecified atom stereocenters. The Balaban J connectivity index is 1.41. The number of hydrogen-bond acceptors (Lipinski definition) is 8. The van der Waals surface area contributed by atoms with Crippen molar-refractivity contribution in [1.29, 1.82) is 0 Å². The molecule has 12 nitrogen and oxygen atoms in total.